The topological polar surface area (TPSA) is 102 Å². The number of sulfonamides is 1. The molecule has 160 valence electrons. The molecule has 0 heterocycles. The Morgan fingerprint density at radius 1 is 0.903 bits per heavy atom. The first kappa shape index (κ1) is 22.2. The predicted molar refractivity (Wildman–Crippen MR) is 117 cm³/mol. The van der Waals surface area contributed by atoms with Crippen molar-refractivity contribution in [3.8, 4) is 0 Å². The van der Waals surface area contributed by atoms with Crippen molar-refractivity contribution < 1.29 is 22.7 Å². The number of rotatable bonds is 8. The molecule has 0 atom stereocenters. The van der Waals surface area contributed by atoms with Crippen LogP contribution in [0.1, 0.15) is 21.5 Å². The lowest BCUT2D eigenvalue weighted by Gasteiger charge is -2.12. The Morgan fingerprint density at radius 3 is 2.35 bits per heavy atom. The molecule has 0 fully saturated rings. The number of carbonyl (C=O) groups is 2. The van der Waals surface area contributed by atoms with Crippen LogP contribution in [0.5, 0.6) is 0 Å². The van der Waals surface area contributed by atoms with Crippen LogP contribution in [-0.2, 0) is 26.0 Å². The van der Waals surface area contributed by atoms with E-state index < -0.39 is 28.5 Å². The number of anilines is 1. The Labute approximate surface area is 181 Å². The van der Waals surface area contributed by atoms with Crippen molar-refractivity contribution in [1.29, 1.82) is 0 Å². The first-order chi connectivity index (χ1) is 14.9. The van der Waals surface area contributed by atoms with E-state index in [-0.39, 0.29) is 10.5 Å². The van der Waals surface area contributed by atoms with E-state index >= 15 is 0 Å². The second-order valence-electron chi connectivity index (χ2n) is 6.68. The van der Waals surface area contributed by atoms with Gasteiger partial charge in [0.2, 0.25) is 10.0 Å². The Bertz CT molecular complexity index is 1180. The van der Waals surface area contributed by atoms with E-state index in [4.69, 9.17) is 4.74 Å². The summed E-state index contributed by atoms with van der Waals surface area (Å²) in [5.41, 5.74) is 2.70. The molecule has 0 aliphatic rings. The van der Waals surface area contributed by atoms with Crippen LogP contribution in [0, 0.1) is 0 Å². The second-order valence-corrected chi connectivity index (χ2v) is 8.57. The van der Waals surface area contributed by atoms with Crippen molar-refractivity contribution in [3.63, 3.8) is 0 Å². The van der Waals surface area contributed by atoms with Gasteiger partial charge in [0.25, 0.3) is 5.91 Å². The highest BCUT2D eigenvalue weighted by atomic mass is 32.2. The smallest absolute Gasteiger partial charge is 0.338 e. The van der Waals surface area contributed by atoms with Gasteiger partial charge >= 0.3 is 5.97 Å². The Morgan fingerprint density at radius 2 is 1.61 bits per heavy atom. The summed E-state index contributed by atoms with van der Waals surface area (Å²) < 4.78 is 31.0. The van der Waals surface area contributed by atoms with E-state index in [1.54, 1.807) is 6.07 Å². The van der Waals surface area contributed by atoms with E-state index in [1.165, 1.54) is 31.3 Å². The number of nitrogens with one attached hydrogen (secondary N) is 2. The third-order valence-electron chi connectivity index (χ3n) is 4.51. The number of benzene rings is 3. The number of hydrogen-bond donors (Lipinski definition) is 2. The van der Waals surface area contributed by atoms with Crippen molar-refractivity contribution in [1.82, 2.24) is 4.72 Å². The van der Waals surface area contributed by atoms with Crippen LogP contribution in [0.2, 0.25) is 0 Å². The average Bonchev–Trinajstić information content (AvgIpc) is 2.79. The number of para-hydroxylation sites is 1. The molecule has 31 heavy (non-hydrogen) atoms. The highest BCUT2D eigenvalue weighted by molar-refractivity contribution is 7.89. The summed E-state index contributed by atoms with van der Waals surface area (Å²) >= 11 is 0. The molecule has 0 saturated carbocycles. The first-order valence-corrected chi connectivity index (χ1v) is 11.0. The first-order valence-electron chi connectivity index (χ1n) is 9.51. The van der Waals surface area contributed by atoms with Crippen molar-refractivity contribution >= 4 is 27.6 Å². The van der Waals surface area contributed by atoms with Gasteiger partial charge in [-0.15, -0.1) is 0 Å². The molecule has 1 amide bonds. The molecule has 2 N–H and O–H groups in total. The SMILES string of the molecule is CNS(=O)(=O)c1cccc(C(=O)OCC(=O)Nc2ccccc2Cc2ccccc2)c1. The molecule has 0 saturated heterocycles. The minimum absolute atomic E-state index is 0.0357. The average molecular weight is 439 g/mol. The van der Waals surface area contributed by atoms with Crippen LogP contribution in [0.4, 0.5) is 5.69 Å². The monoisotopic (exact) mass is 438 g/mol. The molecule has 7 nitrogen and oxygen atoms in total. The highest BCUT2D eigenvalue weighted by Crippen LogP contribution is 2.19. The van der Waals surface area contributed by atoms with Gasteiger partial charge in [-0.1, -0.05) is 54.6 Å². The van der Waals surface area contributed by atoms with E-state index in [2.05, 4.69) is 10.0 Å². The molecule has 0 aliphatic carbocycles. The molecule has 3 aromatic rings. The lowest BCUT2D eigenvalue weighted by atomic mass is 10.0. The highest BCUT2D eigenvalue weighted by Gasteiger charge is 2.16. The standard InChI is InChI=1S/C23H22N2O5S/c1-24-31(28,29)20-12-7-11-19(15-20)23(27)30-16-22(26)25-21-13-6-5-10-18(21)14-17-8-3-2-4-9-17/h2-13,15,24H,14,16H2,1H3,(H,25,26). The van der Waals surface area contributed by atoms with Gasteiger partial charge in [0.05, 0.1) is 10.5 Å². The molecule has 3 rings (SSSR count). The quantitative estimate of drug-likeness (QED) is 0.527. The zero-order valence-corrected chi connectivity index (χ0v) is 17.7. The normalized spacial score (nSPS) is 11.0. The lowest BCUT2D eigenvalue weighted by molar-refractivity contribution is -0.119. The zero-order valence-electron chi connectivity index (χ0n) is 16.9. The van der Waals surface area contributed by atoms with Crippen molar-refractivity contribution in [2.75, 3.05) is 19.0 Å². The molecule has 8 heteroatoms. The summed E-state index contributed by atoms with van der Waals surface area (Å²) in [7, 11) is -2.42. The maximum Gasteiger partial charge on any atom is 0.338 e. The maximum absolute atomic E-state index is 12.3. The van der Waals surface area contributed by atoms with Gasteiger partial charge in [-0.3, -0.25) is 4.79 Å². The number of hydrogen-bond acceptors (Lipinski definition) is 5. The minimum atomic E-state index is -3.69. The Balaban J connectivity index is 1.62. The van der Waals surface area contributed by atoms with Crippen LogP contribution >= 0.6 is 0 Å². The zero-order chi connectivity index (χ0) is 22.3. The fourth-order valence-electron chi connectivity index (χ4n) is 2.92. The van der Waals surface area contributed by atoms with Crippen LogP contribution in [0.15, 0.2) is 83.8 Å². The lowest BCUT2D eigenvalue weighted by Crippen LogP contribution is -2.22. The fraction of sp³-hybridized carbons (Fsp3) is 0.130. The summed E-state index contributed by atoms with van der Waals surface area (Å²) in [6.07, 6.45) is 0.643. The number of ether oxygens (including phenoxy) is 1. The van der Waals surface area contributed by atoms with Crippen molar-refractivity contribution in [2.45, 2.75) is 11.3 Å². The van der Waals surface area contributed by atoms with Gasteiger partial charge in [-0.25, -0.2) is 17.9 Å². The summed E-state index contributed by atoms with van der Waals surface area (Å²) in [5.74, 6) is -1.28. The molecule has 0 unspecified atom stereocenters. The summed E-state index contributed by atoms with van der Waals surface area (Å²) in [5, 5.41) is 2.76. The van der Waals surface area contributed by atoms with Gasteiger partial charge < -0.3 is 10.1 Å². The van der Waals surface area contributed by atoms with Gasteiger partial charge in [0.1, 0.15) is 0 Å². The minimum Gasteiger partial charge on any atom is -0.452 e. The van der Waals surface area contributed by atoms with Crippen molar-refractivity contribution in [2.24, 2.45) is 0 Å². The maximum atomic E-state index is 12.3. The van der Waals surface area contributed by atoms with E-state index in [9.17, 15) is 18.0 Å². The second kappa shape index (κ2) is 10.0. The van der Waals surface area contributed by atoms with Crippen LogP contribution in [0.3, 0.4) is 0 Å². The molecule has 3 aromatic carbocycles. The number of carbonyl (C=O) groups excluding carboxylic acids is 2. The fourth-order valence-corrected chi connectivity index (χ4v) is 3.70. The molecule has 0 spiro atoms. The predicted octanol–water partition coefficient (Wildman–Crippen LogP) is 2.98. The van der Waals surface area contributed by atoms with E-state index in [0.29, 0.717) is 12.1 Å². The number of esters is 1. The molecule has 0 bridgehead atoms. The van der Waals surface area contributed by atoms with Crippen LogP contribution < -0.4 is 10.0 Å². The number of amides is 1. The third kappa shape index (κ3) is 6.00. The molecule has 0 radical (unpaired) electrons. The van der Waals surface area contributed by atoms with Gasteiger partial charge in [0.15, 0.2) is 6.61 Å². The van der Waals surface area contributed by atoms with Gasteiger partial charge in [0, 0.05) is 5.69 Å². The van der Waals surface area contributed by atoms with Crippen LogP contribution in [0.25, 0.3) is 0 Å². The Kier molecular flexibility index (Phi) is 7.17. The summed E-state index contributed by atoms with van der Waals surface area (Å²) in [6, 6.07) is 22.7. The van der Waals surface area contributed by atoms with Gasteiger partial charge in [-0.05, 0) is 48.9 Å². The van der Waals surface area contributed by atoms with Crippen molar-refractivity contribution in [3.05, 3.63) is 95.6 Å². The molecular formula is C23H22N2O5S. The Hall–Kier alpha value is -3.49. The molecule has 0 aromatic heterocycles. The summed E-state index contributed by atoms with van der Waals surface area (Å²) in [6.45, 7) is -0.499. The summed E-state index contributed by atoms with van der Waals surface area (Å²) in [4.78, 5) is 24.5. The van der Waals surface area contributed by atoms with E-state index in [0.717, 1.165) is 11.1 Å². The third-order valence-corrected chi connectivity index (χ3v) is 5.92. The molecular weight excluding hydrogens is 416 g/mol. The molecule has 0 aliphatic heterocycles. The van der Waals surface area contributed by atoms with Crippen LogP contribution in [-0.4, -0.2) is 33.9 Å². The van der Waals surface area contributed by atoms with Gasteiger partial charge in [-0.2, -0.15) is 0 Å². The largest absolute Gasteiger partial charge is 0.452 e. The van der Waals surface area contributed by atoms with E-state index in [1.807, 2.05) is 48.5 Å².